The Balaban J connectivity index is 1.87. The molecule has 2 aromatic carbocycles. The summed E-state index contributed by atoms with van der Waals surface area (Å²) < 4.78 is 11.3. The predicted molar refractivity (Wildman–Crippen MR) is 115 cm³/mol. The maximum atomic E-state index is 12.8. The molecule has 0 saturated heterocycles. The van der Waals surface area contributed by atoms with Crippen LogP contribution in [0.2, 0.25) is 5.02 Å². The number of ether oxygens (including phenoxy) is 2. The molecule has 3 rings (SSSR count). The lowest BCUT2D eigenvalue weighted by molar-refractivity contribution is -0.143. The van der Waals surface area contributed by atoms with E-state index in [1.165, 1.54) is 0 Å². The number of benzene rings is 2. The minimum absolute atomic E-state index is 0.270. The molecule has 158 valence electrons. The largest absolute Gasteiger partial charge is 0.489 e. The number of halogens is 1. The molecule has 1 aliphatic heterocycles. The molecular weight excluding hydrogens is 404 g/mol. The number of amides is 2. The van der Waals surface area contributed by atoms with Gasteiger partial charge in [-0.3, -0.25) is 0 Å². The normalized spacial score (nSPS) is 16.2. The van der Waals surface area contributed by atoms with Crippen LogP contribution in [0, 0.1) is 0 Å². The van der Waals surface area contributed by atoms with Crippen LogP contribution in [-0.2, 0) is 16.1 Å². The second-order valence-corrected chi connectivity index (χ2v) is 7.66. The molecule has 1 heterocycles. The molecule has 0 aliphatic carbocycles. The molecular formula is C23H25ClN2O4. The molecule has 0 saturated carbocycles. The van der Waals surface area contributed by atoms with Crippen molar-refractivity contribution in [2.75, 3.05) is 0 Å². The average molecular weight is 429 g/mol. The van der Waals surface area contributed by atoms with Crippen LogP contribution in [0.5, 0.6) is 5.75 Å². The zero-order valence-electron chi connectivity index (χ0n) is 17.2. The van der Waals surface area contributed by atoms with Gasteiger partial charge in [0.1, 0.15) is 12.4 Å². The first kappa shape index (κ1) is 21.7. The summed E-state index contributed by atoms with van der Waals surface area (Å²) in [5, 5.41) is 6.20. The summed E-state index contributed by atoms with van der Waals surface area (Å²) in [4.78, 5) is 25.0. The van der Waals surface area contributed by atoms with E-state index in [4.69, 9.17) is 21.1 Å². The van der Waals surface area contributed by atoms with Crippen LogP contribution in [0.25, 0.3) is 0 Å². The van der Waals surface area contributed by atoms with Crippen LogP contribution in [0.15, 0.2) is 59.8 Å². The van der Waals surface area contributed by atoms with E-state index in [9.17, 15) is 9.59 Å². The van der Waals surface area contributed by atoms with Gasteiger partial charge in [0.05, 0.1) is 17.7 Å². The predicted octanol–water partition coefficient (Wildman–Crippen LogP) is 4.89. The van der Waals surface area contributed by atoms with Gasteiger partial charge in [-0.1, -0.05) is 42.8 Å². The fraction of sp³-hybridized carbons (Fsp3) is 0.304. The van der Waals surface area contributed by atoms with E-state index in [2.05, 4.69) is 10.6 Å². The third kappa shape index (κ3) is 5.33. The van der Waals surface area contributed by atoms with E-state index in [-0.39, 0.29) is 12.1 Å². The summed E-state index contributed by atoms with van der Waals surface area (Å²) in [5.74, 6) is 0.166. The Morgan fingerprint density at radius 3 is 2.63 bits per heavy atom. The molecule has 1 unspecified atom stereocenters. The van der Waals surface area contributed by atoms with Crippen LogP contribution in [0.4, 0.5) is 4.79 Å². The maximum Gasteiger partial charge on any atom is 0.338 e. The topological polar surface area (TPSA) is 76.7 Å². The number of hydrogen-bond donors (Lipinski definition) is 2. The molecule has 2 N–H and O–H groups in total. The molecule has 6 nitrogen and oxygen atoms in total. The summed E-state index contributed by atoms with van der Waals surface area (Å²) >= 11 is 6.03. The van der Waals surface area contributed by atoms with Crippen molar-refractivity contribution in [3.63, 3.8) is 0 Å². The van der Waals surface area contributed by atoms with E-state index in [1.54, 1.807) is 19.9 Å². The number of nitrogens with one attached hydrogen (secondary N) is 2. The summed E-state index contributed by atoms with van der Waals surface area (Å²) in [6, 6.07) is 13.8. The van der Waals surface area contributed by atoms with Gasteiger partial charge in [-0.15, -0.1) is 0 Å². The Morgan fingerprint density at radius 2 is 1.93 bits per heavy atom. The van der Waals surface area contributed by atoms with Crippen molar-refractivity contribution in [3.8, 4) is 5.75 Å². The lowest BCUT2D eigenvalue weighted by atomic mass is 9.94. The van der Waals surface area contributed by atoms with Gasteiger partial charge in [0.2, 0.25) is 0 Å². The first-order valence-corrected chi connectivity index (χ1v) is 10.2. The quantitative estimate of drug-likeness (QED) is 0.615. The third-order valence-electron chi connectivity index (χ3n) is 4.56. The van der Waals surface area contributed by atoms with Crippen molar-refractivity contribution in [1.29, 1.82) is 0 Å². The molecule has 2 amide bonds. The van der Waals surface area contributed by atoms with E-state index in [1.807, 2.05) is 49.4 Å². The van der Waals surface area contributed by atoms with Gasteiger partial charge in [-0.05, 0) is 55.7 Å². The maximum absolute atomic E-state index is 12.8. The summed E-state index contributed by atoms with van der Waals surface area (Å²) in [5.41, 5.74) is 2.63. The van der Waals surface area contributed by atoms with Gasteiger partial charge in [-0.25, -0.2) is 9.59 Å². The van der Waals surface area contributed by atoms with Crippen molar-refractivity contribution < 1.29 is 19.1 Å². The molecule has 7 heteroatoms. The Bertz CT molecular complexity index is 971. The molecule has 1 aliphatic rings. The van der Waals surface area contributed by atoms with E-state index in [0.717, 1.165) is 11.1 Å². The first-order valence-electron chi connectivity index (χ1n) is 9.86. The van der Waals surface area contributed by atoms with Crippen LogP contribution in [-0.4, -0.2) is 18.1 Å². The highest BCUT2D eigenvalue weighted by Crippen LogP contribution is 2.31. The summed E-state index contributed by atoms with van der Waals surface area (Å²) in [6.07, 6.45) is 0.228. The number of carbonyl (C=O) groups excluding carboxylic acids is 2. The molecule has 0 spiro atoms. The number of hydrogen-bond acceptors (Lipinski definition) is 4. The molecule has 0 bridgehead atoms. The van der Waals surface area contributed by atoms with Gasteiger partial charge < -0.3 is 20.1 Å². The van der Waals surface area contributed by atoms with Gasteiger partial charge in [-0.2, -0.15) is 0 Å². The van der Waals surface area contributed by atoms with Gasteiger partial charge in [0, 0.05) is 10.7 Å². The standard InChI is InChI=1S/C23H25ClN2O4/c1-4-19-20(22(27)30-14(2)3)21(26-23(28)25-19)16-8-6-10-18(12-16)29-13-15-7-5-9-17(24)11-15/h5-12,14,21H,4,13H2,1-3H3,(H2,25,26,28). The number of allylic oxidation sites excluding steroid dienone is 1. The molecule has 0 fully saturated rings. The van der Waals surface area contributed by atoms with Crippen molar-refractivity contribution in [3.05, 3.63) is 76.0 Å². The van der Waals surface area contributed by atoms with Crippen molar-refractivity contribution in [2.24, 2.45) is 0 Å². The highest BCUT2D eigenvalue weighted by atomic mass is 35.5. The monoisotopic (exact) mass is 428 g/mol. The van der Waals surface area contributed by atoms with E-state index in [0.29, 0.717) is 35.1 Å². The summed E-state index contributed by atoms with van der Waals surface area (Å²) in [6.45, 7) is 5.81. The molecule has 30 heavy (non-hydrogen) atoms. The average Bonchev–Trinajstić information content (AvgIpc) is 2.71. The van der Waals surface area contributed by atoms with E-state index >= 15 is 0 Å². The number of carbonyl (C=O) groups is 2. The van der Waals surface area contributed by atoms with Crippen LogP contribution in [0.1, 0.15) is 44.4 Å². The zero-order valence-corrected chi connectivity index (χ0v) is 18.0. The summed E-state index contributed by atoms with van der Waals surface area (Å²) in [7, 11) is 0. The SMILES string of the molecule is CCC1=C(C(=O)OC(C)C)C(c2cccc(OCc3cccc(Cl)c3)c2)NC(=O)N1. The fourth-order valence-corrected chi connectivity index (χ4v) is 3.46. The van der Waals surface area contributed by atoms with Crippen LogP contribution < -0.4 is 15.4 Å². The third-order valence-corrected chi connectivity index (χ3v) is 4.79. The minimum Gasteiger partial charge on any atom is -0.489 e. The lowest BCUT2D eigenvalue weighted by Crippen LogP contribution is -2.46. The Kier molecular flexibility index (Phi) is 7.00. The van der Waals surface area contributed by atoms with Crippen LogP contribution in [0.3, 0.4) is 0 Å². The number of rotatable bonds is 7. The smallest absolute Gasteiger partial charge is 0.338 e. The Labute approximate surface area is 181 Å². The molecule has 1 atom stereocenters. The van der Waals surface area contributed by atoms with Crippen LogP contribution >= 0.6 is 11.6 Å². The first-order chi connectivity index (χ1) is 14.4. The second kappa shape index (κ2) is 9.67. The van der Waals surface area contributed by atoms with Crippen molar-refractivity contribution >= 4 is 23.6 Å². The highest BCUT2D eigenvalue weighted by molar-refractivity contribution is 6.30. The molecule has 2 aromatic rings. The molecule has 0 radical (unpaired) electrons. The van der Waals surface area contributed by atoms with Gasteiger partial charge in [0.15, 0.2) is 0 Å². The van der Waals surface area contributed by atoms with Crippen molar-refractivity contribution in [2.45, 2.75) is 45.9 Å². The zero-order chi connectivity index (χ0) is 21.7. The molecule has 0 aromatic heterocycles. The second-order valence-electron chi connectivity index (χ2n) is 7.22. The minimum atomic E-state index is -0.630. The van der Waals surface area contributed by atoms with Gasteiger partial charge in [0.25, 0.3) is 0 Å². The fourth-order valence-electron chi connectivity index (χ4n) is 3.24. The lowest BCUT2D eigenvalue weighted by Gasteiger charge is -2.29. The van der Waals surface area contributed by atoms with E-state index < -0.39 is 12.0 Å². The number of urea groups is 1. The Morgan fingerprint density at radius 1 is 1.17 bits per heavy atom. The number of esters is 1. The van der Waals surface area contributed by atoms with Gasteiger partial charge >= 0.3 is 12.0 Å². The Hall–Kier alpha value is -2.99. The van der Waals surface area contributed by atoms with Crippen molar-refractivity contribution in [1.82, 2.24) is 10.6 Å². The highest BCUT2D eigenvalue weighted by Gasteiger charge is 2.33.